The summed E-state index contributed by atoms with van der Waals surface area (Å²) < 4.78 is 2.29. The van der Waals surface area contributed by atoms with Gasteiger partial charge >= 0.3 is 0 Å². The van der Waals surface area contributed by atoms with Crippen LogP contribution >= 0.6 is 27.7 Å². The third-order valence-electron chi connectivity index (χ3n) is 2.16. The molecule has 8 heteroatoms. The third kappa shape index (κ3) is 3.01. The normalized spacial score (nSPS) is 10.8. The highest BCUT2D eigenvalue weighted by atomic mass is 79.9. The summed E-state index contributed by atoms with van der Waals surface area (Å²) in [5, 5.41) is 17.4. The number of hydrogen-bond donors (Lipinski definition) is 2. The first-order valence-corrected chi connectivity index (χ1v) is 7.05. The first-order chi connectivity index (χ1) is 8.72. The van der Waals surface area contributed by atoms with Crippen LogP contribution in [-0.4, -0.2) is 37.3 Å². The van der Waals surface area contributed by atoms with Crippen molar-refractivity contribution in [2.24, 2.45) is 0 Å². The molecule has 0 aromatic carbocycles. The maximum atomic E-state index is 8.73. The van der Waals surface area contributed by atoms with Crippen LogP contribution in [0, 0.1) is 0 Å². The Hall–Kier alpha value is -1.12. The van der Waals surface area contributed by atoms with Gasteiger partial charge in [0.05, 0.1) is 0 Å². The van der Waals surface area contributed by atoms with Crippen LogP contribution < -0.4 is 5.84 Å². The Morgan fingerprint density at radius 2 is 2.22 bits per heavy atom. The number of aromatic nitrogens is 4. The number of hydrogen-bond acceptors (Lipinski definition) is 6. The number of thioether (sulfide) groups is 1. The molecule has 2 aromatic heterocycles. The number of nitrogen functional groups attached to an aromatic ring is 1. The molecule has 0 spiro atoms. The maximum Gasteiger partial charge on any atom is 0.210 e. The summed E-state index contributed by atoms with van der Waals surface area (Å²) in [4.78, 5) is 4.06. The molecular weight excluding hydrogens is 318 g/mol. The Morgan fingerprint density at radius 3 is 2.94 bits per heavy atom. The number of aliphatic hydroxyl groups excluding tert-OH is 1. The second-order valence-electron chi connectivity index (χ2n) is 3.49. The molecule has 3 N–H and O–H groups in total. The fourth-order valence-corrected chi connectivity index (χ4v) is 2.48. The van der Waals surface area contributed by atoms with Crippen LogP contribution in [0.1, 0.15) is 6.42 Å². The molecule has 2 rings (SSSR count). The second kappa shape index (κ2) is 6.17. The van der Waals surface area contributed by atoms with Gasteiger partial charge in [-0.2, -0.15) is 0 Å². The fraction of sp³-hybridized carbons (Fsp3) is 0.300. The molecule has 0 radical (unpaired) electrons. The molecule has 0 unspecified atom stereocenters. The van der Waals surface area contributed by atoms with E-state index < -0.39 is 0 Å². The van der Waals surface area contributed by atoms with Gasteiger partial charge < -0.3 is 10.9 Å². The van der Waals surface area contributed by atoms with E-state index in [4.69, 9.17) is 10.9 Å². The number of nitrogens with two attached hydrogens (primary N) is 1. The lowest BCUT2D eigenvalue weighted by molar-refractivity contribution is 0.296. The van der Waals surface area contributed by atoms with Crippen LogP contribution in [0.15, 0.2) is 28.1 Å². The van der Waals surface area contributed by atoms with Crippen molar-refractivity contribution in [2.75, 3.05) is 18.2 Å². The maximum absolute atomic E-state index is 8.73. The highest BCUT2D eigenvalue weighted by molar-refractivity contribution is 9.10. The molecule has 0 atom stereocenters. The molecule has 96 valence electrons. The van der Waals surface area contributed by atoms with Crippen molar-refractivity contribution in [1.29, 1.82) is 0 Å². The van der Waals surface area contributed by atoms with E-state index >= 15 is 0 Å². The molecular formula is C10H12BrN5OS. The zero-order valence-electron chi connectivity index (χ0n) is 9.45. The number of pyridine rings is 1. The van der Waals surface area contributed by atoms with Crippen molar-refractivity contribution in [3.05, 3.63) is 22.9 Å². The number of aliphatic hydroxyl groups is 1. The summed E-state index contributed by atoms with van der Waals surface area (Å²) in [6.07, 6.45) is 4.07. The Bertz CT molecular complexity index is 533. The van der Waals surface area contributed by atoms with Gasteiger partial charge in [0.15, 0.2) is 5.82 Å². The lowest BCUT2D eigenvalue weighted by Crippen LogP contribution is -2.11. The summed E-state index contributed by atoms with van der Waals surface area (Å²) in [5.41, 5.74) is 0.799. The summed E-state index contributed by atoms with van der Waals surface area (Å²) >= 11 is 4.81. The zero-order chi connectivity index (χ0) is 13.0. The van der Waals surface area contributed by atoms with Crippen molar-refractivity contribution in [3.63, 3.8) is 0 Å². The van der Waals surface area contributed by atoms with Gasteiger partial charge in [0, 0.05) is 34.8 Å². The van der Waals surface area contributed by atoms with Gasteiger partial charge in [-0.15, -0.1) is 10.2 Å². The highest BCUT2D eigenvalue weighted by Crippen LogP contribution is 2.23. The van der Waals surface area contributed by atoms with E-state index in [0.29, 0.717) is 17.4 Å². The van der Waals surface area contributed by atoms with Crippen molar-refractivity contribution < 1.29 is 5.11 Å². The zero-order valence-corrected chi connectivity index (χ0v) is 11.9. The minimum atomic E-state index is 0.161. The summed E-state index contributed by atoms with van der Waals surface area (Å²) in [6.45, 7) is 0.161. The Kier molecular flexibility index (Phi) is 4.56. The molecule has 2 heterocycles. The summed E-state index contributed by atoms with van der Waals surface area (Å²) in [7, 11) is 0. The van der Waals surface area contributed by atoms with Crippen molar-refractivity contribution in [2.45, 2.75) is 11.6 Å². The van der Waals surface area contributed by atoms with Gasteiger partial charge in [0.2, 0.25) is 5.16 Å². The predicted octanol–water partition coefficient (Wildman–Crippen LogP) is 1.29. The molecule has 2 aromatic rings. The van der Waals surface area contributed by atoms with Gasteiger partial charge in [-0.25, -0.2) is 4.68 Å². The smallest absolute Gasteiger partial charge is 0.210 e. The number of rotatable bonds is 5. The van der Waals surface area contributed by atoms with E-state index in [1.165, 1.54) is 16.4 Å². The topological polar surface area (TPSA) is 89.8 Å². The average Bonchev–Trinajstić information content (AvgIpc) is 2.72. The molecule has 0 aliphatic heterocycles. The molecule has 0 saturated heterocycles. The van der Waals surface area contributed by atoms with Crippen LogP contribution in [0.4, 0.5) is 0 Å². The monoisotopic (exact) mass is 329 g/mol. The number of nitrogens with zero attached hydrogens (tertiary/aromatic N) is 4. The minimum absolute atomic E-state index is 0.161. The van der Waals surface area contributed by atoms with Gasteiger partial charge in [-0.3, -0.25) is 4.98 Å². The Balaban J connectivity index is 2.20. The van der Waals surface area contributed by atoms with Gasteiger partial charge in [-0.05, 0) is 28.4 Å². The quantitative estimate of drug-likeness (QED) is 0.488. The van der Waals surface area contributed by atoms with E-state index in [2.05, 4.69) is 31.1 Å². The first kappa shape index (κ1) is 13.3. The minimum Gasteiger partial charge on any atom is -0.396 e. The molecule has 6 nitrogen and oxygen atoms in total. The van der Waals surface area contributed by atoms with E-state index in [1.807, 2.05) is 6.07 Å². The molecule has 0 bridgehead atoms. The third-order valence-corrected chi connectivity index (χ3v) is 3.62. The first-order valence-electron chi connectivity index (χ1n) is 5.27. The largest absolute Gasteiger partial charge is 0.396 e. The van der Waals surface area contributed by atoms with Crippen LogP contribution in [0.25, 0.3) is 11.4 Å². The molecule has 0 aliphatic rings. The average molecular weight is 330 g/mol. The van der Waals surface area contributed by atoms with Crippen molar-refractivity contribution >= 4 is 27.7 Å². The highest BCUT2D eigenvalue weighted by Gasteiger charge is 2.12. The second-order valence-corrected chi connectivity index (χ2v) is 5.47. The Morgan fingerprint density at radius 1 is 1.39 bits per heavy atom. The number of halogens is 1. The molecule has 0 fully saturated rings. The van der Waals surface area contributed by atoms with Gasteiger partial charge in [-0.1, -0.05) is 11.8 Å². The van der Waals surface area contributed by atoms with E-state index in [0.717, 1.165) is 15.8 Å². The summed E-state index contributed by atoms with van der Waals surface area (Å²) in [6, 6.07) is 1.88. The van der Waals surface area contributed by atoms with Crippen molar-refractivity contribution in [3.8, 4) is 11.4 Å². The SMILES string of the molecule is Nn1c(SCCCO)nnc1-c1cncc(Br)c1. The fourth-order valence-electron chi connectivity index (χ4n) is 1.33. The van der Waals surface area contributed by atoms with E-state index in [1.54, 1.807) is 12.4 Å². The molecule has 0 aliphatic carbocycles. The lowest BCUT2D eigenvalue weighted by atomic mass is 10.3. The molecule has 0 saturated carbocycles. The van der Waals surface area contributed by atoms with Gasteiger partial charge in [0.25, 0.3) is 0 Å². The standard InChI is InChI=1S/C10H12BrN5OS/c11-8-4-7(5-13-6-8)9-14-15-10(16(9)12)18-3-1-2-17/h4-6,17H,1-3,12H2. The van der Waals surface area contributed by atoms with Crippen molar-refractivity contribution in [1.82, 2.24) is 19.9 Å². The van der Waals surface area contributed by atoms with Gasteiger partial charge in [0.1, 0.15) is 0 Å². The molecule has 18 heavy (non-hydrogen) atoms. The van der Waals surface area contributed by atoms with Crippen LogP contribution in [0.3, 0.4) is 0 Å². The lowest BCUT2D eigenvalue weighted by Gasteiger charge is -2.03. The van der Waals surface area contributed by atoms with Crippen LogP contribution in [0.2, 0.25) is 0 Å². The van der Waals surface area contributed by atoms with E-state index in [-0.39, 0.29) is 6.61 Å². The molecule has 0 amide bonds. The van der Waals surface area contributed by atoms with E-state index in [9.17, 15) is 0 Å². The van der Waals surface area contributed by atoms with Crippen LogP contribution in [0.5, 0.6) is 0 Å². The Labute approximate surface area is 117 Å². The van der Waals surface area contributed by atoms with Crippen LogP contribution in [-0.2, 0) is 0 Å². The summed E-state index contributed by atoms with van der Waals surface area (Å²) in [5.74, 6) is 7.25. The predicted molar refractivity (Wildman–Crippen MR) is 73.5 cm³/mol.